The molecule has 0 radical (unpaired) electrons. The topological polar surface area (TPSA) is 39.5 Å². The molecule has 0 amide bonds. The Hall–Kier alpha value is 0.280. The number of halogens is 4. The minimum absolute atomic E-state index is 0. The molecule has 0 saturated heterocycles. The van der Waals surface area contributed by atoms with Crippen molar-refractivity contribution >= 4 is 31.9 Å². The number of nitrogens with one attached hydrogen (secondary N) is 1. The van der Waals surface area contributed by atoms with Gasteiger partial charge in [0.15, 0.2) is 11.5 Å². The standard InChI is InChI=1S/C16H24Br2N2O2.2ClH/c1-4-20(5-2)9-8-19-7-6-16(3)21-14-10-12(17)13(18)11-15(14)22-16;;/h10-11,19H,4-9H2,1-3H3;2*1H. The minimum atomic E-state index is -0.554. The fourth-order valence-electron chi connectivity index (χ4n) is 2.68. The van der Waals surface area contributed by atoms with Crippen molar-refractivity contribution in [3.8, 4) is 11.5 Å². The van der Waals surface area contributed by atoms with Crippen molar-refractivity contribution in [2.45, 2.75) is 33.0 Å². The summed E-state index contributed by atoms with van der Waals surface area (Å²) in [5.74, 6) is 1.07. The lowest BCUT2D eigenvalue weighted by atomic mass is 10.2. The van der Waals surface area contributed by atoms with Crippen molar-refractivity contribution in [1.82, 2.24) is 0 Å². The monoisotopic (exact) mass is 506 g/mol. The number of ether oxygens (including phenoxy) is 2. The van der Waals surface area contributed by atoms with Crippen molar-refractivity contribution in [2.75, 3.05) is 32.7 Å². The Morgan fingerprint density at radius 2 is 1.50 bits per heavy atom. The third-order valence-electron chi connectivity index (χ3n) is 4.14. The van der Waals surface area contributed by atoms with Crippen molar-refractivity contribution in [2.24, 2.45) is 0 Å². The zero-order valence-electron chi connectivity index (χ0n) is 14.3. The minimum Gasteiger partial charge on any atom is -1.00 e. The van der Waals surface area contributed by atoms with Gasteiger partial charge in [-0.15, -0.1) is 0 Å². The van der Waals surface area contributed by atoms with E-state index >= 15 is 0 Å². The van der Waals surface area contributed by atoms with Crippen LogP contribution < -0.4 is 44.5 Å². The maximum absolute atomic E-state index is 6.00. The van der Waals surface area contributed by atoms with Gasteiger partial charge in [0.05, 0.1) is 26.1 Å². The van der Waals surface area contributed by atoms with Crippen LogP contribution in [0.4, 0.5) is 0 Å². The summed E-state index contributed by atoms with van der Waals surface area (Å²) in [6.07, 6.45) is 0.866. The van der Waals surface area contributed by atoms with E-state index in [0.717, 1.165) is 40.0 Å². The van der Waals surface area contributed by atoms with E-state index in [4.69, 9.17) is 9.47 Å². The third kappa shape index (κ3) is 6.54. The number of hydrogen-bond acceptors (Lipinski definition) is 2. The molecule has 4 nitrogen and oxygen atoms in total. The van der Waals surface area contributed by atoms with E-state index in [0.29, 0.717) is 0 Å². The first kappa shape index (κ1) is 24.3. The molecule has 0 bridgehead atoms. The van der Waals surface area contributed by atoms with E-state index in [1.807, 2.05) is 19.1 Å². The molecule has 8 heteroatoms. The Morgan fingerprint density at radius 1 is 1.00 bits per heavy atom. The average molecular weight is 509 g/mol. The molecular weight excluding hydrogens is 483 g/mol. The zero-order chi connectivity index (χ0) is 16.2. The van der Waals surface area contributed by atoms with E-state index in [9.17, 15) is 0 Å². The first-order chi connectivity index (χ1) is 10.5. The molecule has 0 spiro atoms. The average Bonchev–Trinajstić information content (AvgIpc) is 2.79. The van der Waals surface area contributed by atoms with Crippen LogP contribution in [0.1, 0.15) is 27.2 Å². The van der Waals surface area contributed by atoms with Crippen LogP contribution in [0.3, 0.4) is 0 Å². The summed E-state index contributed by atoms with van der Waals surface area (Å²) in [6.45, 7) is 12.3. The van der Waals surface area contributed by atoms with Crippen LogP contribution in [0.5, 0.6) is 11.5 Å². The van der Waals surface area contributed by atoms with Crippen LogP contribution >= 0.6 is 31.9 Å². The van der Waals surface area contributed by atoms with Crippen LogP contribution in [0.2, 0.25) is 0 Å². The number of likely N-dealkylation sites (N-methyl/N-ethyl adjacent to an activating group) is 1. The Kier molecular flexibility index (Phi) is 11.2. The van der Waals surface area contributed by atoms with E-state index in [1.165, 1.54) is 19.6 Å². The summed E-state index contributed by atoms with van der Waals surface area (Å²) in [5, 5.41) is 2.36. The highest BCUT2D eigenvalue weighted by Gasteiger charge is 2.37. The van der Waals surface area contributed by atoms with Gasteiger partial charge in [-0.2, -0.15) is 0 Å². The quantitative estimate of drug-likeness (QED) is 0.348. The smallest absolute Gasteiger partial charge is 0.254 e. The zero-order valence-corrected chi connectivity index (χ0v) is 19.0. The fraction of sp³-hybridized carbons (Fsp3) is 0.625. The Balaban J connectivity index is 0.00000264. The molecular formula is C16H26Br2Cl2N2O2. The van der Waals surface area contributed by atoms with Gasteiger partial charge in [0.1, 0.15) is 13.1 Å². The second-order valence-corrected chi connectivity index (χ2v) is 7.58. The first-order valence-corrected chi connectivity index (χ1v) is 9.58. The molecule has 1 aromatic carbocycles. The number of rotatable bonds is 8. The molecule has 0 fully saturated rings. The Bertz CT molecular complexity index is 486. The lowest BCUT2D eigenvalue weighted by Gasteiger charge is -2.22. The van der Waals surface area contributed by atoms with Gasteiger partial charge in [0.2, 0.25) is 0 Å². The number of benzene rings is 1. The molecule has 1 aromatic rings. The number of fused-ring (bicyclic) bond motifs is 1. The summed E-state index contributed by atoms with van der Waals surface area (Å²) in [4.78, 5) is 1.65. The largest absolute Gasteiger partial charge is 1.00 e. The first-order valence-electron chi connectivity index (χ1n) is 7.99. The van der Waals surface area contributed by atoms with Crippen LogP contribution in [0, 0.1) is 0 Å². The van der Waals surface area contributed by atoms with Crippen LogP contribution in [0.15, 0.2) is 21.1 Å². The fourth-order valence-corrected chi connectivity index (χ4v) is 3.32. The van der Waals surface area contributed by atoms with Crippen LogP contribution in [-0.2, 0) is 0 Å². The molecule has 0 atom stereocenters. The number of quaternary nitrogens is 2. The predicted octanol–water partition coefficient (Wildman–Crippen LogP) is -4.41. The van der Waals surface area contributed by atoms with E-state index in [1.54, 1.807) is 4.90 Å². The highest BCUT2D eigenvalue weighted by molar-refractivity contribution is 9.13. The second kappa shape index (κ2) is 11.1. The molecule has 3 N–H and O–H groups in total. The summed E-state index contributed by atoms with van der Waals surface area (Å²) in [5.41, 5.74) is 0. The summed E-state index contributed by atoms with van der Waals surface area (Å²) >= 11 is 6.99. The van der Waals surface area contributed by atoms with E-state index < -0.39 is 5.79 Å². The summed E-state index contributed by atoms with van der Waals surface area (Å²) < 4.78 is 14.0. The van der Waals surface area contributed by atoms with Gasteiger partial charge in [0.25, 0.3) is 5.79 Å². The predicted molar refractivity (Wildman–Crippen MR) is 94.7 cm³/mol. The maximum Gasteiger partial charge on any atom is 0.254 e. The molecule has 1 aliphatic rings. The van der Waals surface area contributed by atoms with E-state index in [2.05, 4.69) is 51.0 Å². The molecule has 0 saturated carbocycles. The summed E-state index contributed by atoms with van der Waals surface area (Å²) in [6, 6.07) is 3.91. The molecule has 140 valence electrons. The van der Waals surface area contributed by atoms with Gasteiger partial charge in [-0.1, -0.05) is 0 Å². The van der Waals surface area contributed by atoms with Crippen molar-refractivity contribution < 1.29 is 44.5 Å². The number of nitrogens with two attached hydrogens (primary N) is 1. The normalized spacial score (nSPS) is 14.2. The highest BCUT2D eigenvalue weighted by Crippen LogP contribution is 2.44. The van der Waals surface area contributed by atoms with Crippen LogP contribution in [0.25, 0.3) is 0 Å². The lowest BCUT2D eigenvalue weighted by Crippen LogP contribution is -3.14. The molecule has 0 aliphatic carbocycles. The number of hydrogen-bond donors (Lipinski definition) is 2. The summed E-state index contributed by atoms with van der Waals surface area (Å²) in [7, 11) is 0. The Labute approximate surface area is 174 Å². The van der Waals surface area contributed by atoms with Crippen LogP contribution in [-0.4, -0.2) is 38.5 Å². The second-order valence-electron chi connectivity index (χ2n) is 5.87. The van der Waals surface area contributed by atoms with Gasteiger partial charge in [-0.25, -0.2) is 0 Å². The molecule has 1 aliphatic heterocycles. The molecule has 0 unspecified atom stereocenters. The van der Waals surface area contributed by atoms with Gasteiger partial charge < -0.3 is 44.5 Å². The van der Waals surface area contributed by atoms with Crippen molar-refractivity contribution in [3.05, 3.63) is 21.1 Å². The Morgan fingerprint density at radius 3 is 1.96 bits per heavy atom. The van der Waals surface area contributed by atoms with Crippen molar-refractivity contribution in [1.29, 1.82) is 0 Å². The molecule has 1 heterocycles. The SMILES string of the molecule is CC[NH+](CC)CC[NH2+]CCC1(C)Oc2cc(Br)c(Br)cc2O1.[Cl-].[Cl-]. The highest BCUT2D eigenvalue weighted by atomic mass is 79.9. The molecule has 0 aromatic heterocycles. The van der Waals surface area contributed by atoms with E-state index in [-0.39, 0.29) is 24.8 Å². The maximum atomic E-state index is 6.00. The molecule has 24 heavy (non-hydrogen) atoms. The van der Waals surface area contributed by atoms with Crippen molar-refractivity contribution in [3.63, 3.8) is 0 Å². The third-order valence-corrected chi connectivity index (χ3v) is 5.99. The molecule has 2 rings (SSSR count). The van der Waals surface area contributed by atoms with Gasteiger partial charge in [-0.3, -0.25) is 0 Å². The van der Waals surface area contributed by atoms with Gasteiger partial charge in [-0.05, 0) is 57.8 Å². The lowest BCUT2D eigenvalue weighted by molar-refractivity contribution is -0.909. The van der Waals surface area contributed by atoms with Gasteiger partial charge >= 0.3 is 0 Å². The van der Waals surface area contributed by atoms with Gasteiger partial charge in [0, 0.05) is 15.9 Å².